The first kappa shape index (κ1) is 15.6. The molecule has 0 saturated heterocycles. The first-order valence-electron chi connectivity index (χ1n) is 6.35. The monoisotopic (exact) mass is 354 g/mol. The predicted octanol–water partition coefficient (Wildman–Crippen LogP) is 4.21. The third-order valence-corrected chi connectivity index (χ3v) is 3.95. The van der Waals surface area contributed by atoms with Crippen molar-refractivity contribution in [2.45, 2.75) is 13.3 Å². The zero-order valence-electron chi connectivity index (χ0n) is 12.0. The molecular formula is C16H16BrFO3. The molecule has 0 aromatic heterocycles. The number of aromatic hydroxyl groups is 1. The summed E-state index contributed by atoms with van der Waals surface area (Å²) < 4.78 is 25.0. The van der Waals surface area contributed by atoms with Crippen molar-refractivity contribution >= 4 is 15.9 Å². The molecular weight excluding hydrogens is 339 g/mol. The first-order chi connectivity index (χ1) is 9.99. The van der Waals surface area contributed by atoms with E-state index in [-0.39, 0.29) is 5.75 Å². The lowest BCUT2D eigenvalue weighted by atomic mass is 9.98. The molecule has 5 heteroatoms. The van der Waals surface area contributed by atoms with Gasteiger partial charge in [-0.25, -0.2) is 4.39 Å². The normalized spacial score (nSPS) is 10.5. The van der Waals surface area contributed by atoms with Crippen molar-refractivity contribution in [3.8, 4) is 17.2 Å². The van der Waals surface area contributed by atoms with Crippen LogP contribution in [0.2, 0.25) is 0 Å². The van der Waals surface area contributed by atoms with E-state index in [1.54, 1.807) is 26.4 Å². The molecule has 0 fully saturated rings. The molecule has 0 aliphatic rings. The van der Waals surface area contributed by atoms with Gasteiger partial charge in [0.25, 0.3) is 0 Å². The van der Waals surface area contributed by atoms with E-state index in [0.717, 1.165) is 15.6 Å². The van der Waals surface area contributed by atoms with E-state index in [9.17, 15) is 9.50 Å². The SMILES string of the molecule is COc1c(Br)cc(C)c(Cc2cccc(F)c2O)c1OC. The van der Waals surface area contributed by atoms with Gasteiger partial charge in [-0.05, 0) is 40.5 Å². The molecule has 0 atom stereocenters. The summed E-state index contributed by atoms with van der Waals surface area (Å²) >= 11 is 3.43. The van der Waals surface area contributed by atoms with Gasteiger partial charge >= 0.3 is 0 Å². The molecule has 1 N–H and O–H groups in total. The second-order valence-corrected chi connectivity index (χ2v) is 5.50. The quantitative estimate of drug-likeness (QED) is 0.893. The summed E-state index contributed by atoms with van der Waals surface area (Å²) in [5.74, 6) is 0.191. The van der Waals surface area contributed by atoms with Gasteiger partial charge < -0.3 is 14.6 Å². The van der Waals surface area contributed by atoms with Gasteiger partial charge in [0, 0.05) is 17.5 Å². The number of benzene rings is 2. The molecule has 2 aromatic rings. The van der Waals surface area contributed by atoms with Crippen molar-refractivity contribution < 1.29 is 19.0 Å². The lowest BCUT2D eigenvalue weighted by Crippen LogP contribution is -2.01. The third kappa shape index (κ3) is 2.97. The van der Waals surface area contributed by atoms with Gasteiger partial charge in [0.2, 0.25) is 0 Å². The second-order valence-electron chi connectivity index (χ2n) is 4.64. The first-order valence-corrected chi connectivity index (χ1v) is 7.15. The lowest BCUT2D eigenvalue weighted by Gasteiger charge is -2.17. The van der Waals surface area contributed by atoms with E-state index in [1.165, 1.54) is 6.07 Å². The Balaban J connectivity index is 2.56. The standard InChI is InChI=1S/C16H16BrFO3/c1-9-7-12(17)16(21-3)15(20-2)11(9)8-10-5-4-6-13(18)14(10)19/h4-7,19H,8H2,1-3H3. The average Bonchev–Trinajstić information content (AvgIpc) is 2.45. The lowest BCUT2D eigenvalue weighted by molar-refractivity contribution is 0.350. The van der Waals surface area contributed by atoms with Gasteiger partial charge in [0.1, 0.15) is 0 Å². The minimum Gasteiger partial charge on any atom is -0.505 e. The topological polar surface area (TPSA) is 38.7 Å². The zero-order chi connectivity index (χ0) is 15.6. The average molecular weight is 355 g/mol. The van der Waals surface area contributed by atoms with Crippen LogP contribution in [0.15, 0.2) is 28.7 Å². The number of hydrogen-bond acceptors (Lipinski definition) is 3. The van der Waals surface area contributed by atoms with E-state index < -0.39 is 5.82 Å². The maximum absolute atomic E-state index is 13.5. The Morgan fingerprint density at radius 2 is 1.86 bits per heavy atom. The van der Waals surface area contributed by atoms with Crippen molar-refractivity contribution in [1.29, 1.82) is 0 Å². The molecule has 2 rings (SSSR count). The molecule has 0 spiro atoms. The smallest absolute Gasteiger partial charge is 0.175 e. The van der Waals surface area contributed by atoms with E-state index in [1.807, 2.05) is 13.0 Å². The van der Waals surface area contributed by atoms with Crippen molar-refractivity contribution in [2.24, 2.45) is 0 Å². The number of halogens is 2. The van der Waals surface area contributed by atoms with Crippen molar-refractivity contribution in [3.63, 3.8) is 0 Å². The number of methoxy groups -OCH3 is 2. The van der Waals surface area contributed by atoms with Gasteiger partial charge in [-0.15, -0.1) is 0 Å². The maximum atomic E-state index is 13.5. The highest BCUT2D eigenvalue weighted by Crippen LogP contribution is 2.41. The van der Waals surface area contributed by atoms with Crippen LogP contribution in [0.3, 0.4) is 0 Å². The Morgan fingerprint density at radius 1 is 1.19 bits per heavy atom. The number of ether oxygens (including phenoxy) is 2. The van der Waals surface area contributed by atoms with Gasteiger partial charge in [0.15, 0.2) is 23.1 Å². The Kier molecular flexibility index (Phi) is 4.73. The molecule has 0 aliphatic heterocycles. The number of para-hydroxylation sites is 1. The van der Waals surface area contributed by atoms with Gasteiger partial charge in [-0.2, -0.15) is 0 Å². The molecule has 3 nitrogen and oxygen atoms in total. The van der Waals surface area contributed by atoms with Crippen LogP contribution in [0.25, 0.3) is 0 Å². The van der Waals surface area contributed by atoms with Gasteiger partial charge in [-0.3, -0.25) is 0 Å². The summed E-state index contributed by atoms with van der Waals surface area (Å²) in [5, 5.41) is 9.84. The molecule has 0 unspecified atom stereocenters. The fraction of sp³-hybridized carbons (Fsp3) is 0.250. The molecule has 0 saturated carbocycles. The highest BCUT2D eigenvalue weighted by atomic mass is 79.9. The summed E-state index contributed by atoms with van der Waals surface area (Å²) in [4.78, 5) is 0. The number of aryl methyl sites for hydroxylation is 1. The van der Waals surface area contributed by atoms with E-state index in [2.05, 4.69) is 15.9 Å². The number of rotatable bonds is 4. The van der Waals surface area contributed by atoms with Crippen LogP contribution in [-0.2, 0) is 6.42 Å². The summed E-state index contributed by atoms with van der Waals surface area (Å²) in [6.45, 7) is 1.93. The molecule has 0 bridgehead atoms. The van der Waals surface area contributed by atoms with Crippen molar-refractivity contribution in [3.05, 3.63) is 51.2 Å². The Bertz CT molecular complexity index is 671. The van der Waals surface area contributed by atoms with Crippen LogP contribution in [0.4, 0.5) is 4.39 Å². The predicted molar refractivity (Wildman–Crippen MR) is 82.9 cm³/mol. The van der Waals surface area contributed by atoms with Crippen molar-refractivity contribution in [2.75, 3.05) is 14.2 Å². The highest BCUT2D eigenvalue weighted by molar-refractivity contribution is 9.10. The zero-order valence-corrected chi connectivity index (χ0v) is 13.6. The maximum Gasteiger partial charge on any atom is 0.175 e. The minimum atomic E-state index is -0.631. The van der Waals surface area contributed by atoms with E-state index in [0.29, 0.717) is 23.5 Å². The highest BCUT2D eigenvalue weighted by Gasteiger charge is 2.18. The molecule has 21 heavy (non-hydrogen) atoms. The molecule has 0 aliphatic carbocycles. The van der Waals surface area contributed by atoms with Crippen LogP contribution in [0.1, 0.15) is 16.7 Å². The molecule has 0 amide bonds. The molecule has 2 aromatic carbocycles. The Labute approximate surface area is 131 Å². The summed E-state index contributed by atoms with van der Waals surface area (Å²) in [6.07, 6.45) is 0.349. The Hall–Kier alpha value is -1.75. The summed E-state index contributed by atoms with van der Waals surface area (Å²) in [5.41, 5.74) is 2.31. The second kappa shape index (κ2) is 6.35. The number of phenolic OH excluding ortho intramolecular Hbond substituents is 1. The van der Waals surface area contributed by atoms with Gasteiger partial charge in [0.05, 0.1) is 18.7 Å². The molecule has 112 valence electrons. The Morgan fingerprint density at radius 3 is 2.48 bits per heavy atom. The van der Waals surface area contributed by atoms with Gasteiger partial charge in [-0.1, -0.05) is 12.1 Å². The fourth-order valence-electron chi connectivity index (χ4n) is 2.29. The molecule has 0 radical (unpaired) electrons. The fourth-order valence-corrected chi connectivity index (χ4v) is 2.97. The minimum absolute atomic E-state index is 0.333. The number of phenols is 1. The summed E-state index contributed by atoms with van der Waals surface area (Å²) in [6, 6.07) is 6.40. The largest absolute Gasteiger partial charge is 0.505 e. The van der Waals surface area contributed by atoms with Crippen LogP contribution >= 0.6 is 15.9 Å². The third-order valence-electron chi connectivity index (χ3n) is 3.36. The number of hydrogen-bond donors (Lipinski definition) is 1. The van der Waals surface area contributed by atoms with Crippen LogP contribution in [-0.4, -0.2) is 19.3 Å². The molecule has 0 heterocycles. The van der Waals surface area contributed by atoms with Crippen LogP contribution in [0.5, 0.6) is 17.2 Å². The summed E-state index contributed by atoms with van der Waals surface area (Å²) in [7, 11) is 3.11. The van der Waals surface area contributed by atoms with E-state index >= 15 is 0 Å². The van der Waals surface area contributed by atoms with Crippen molar-refractivity contribution in [1.82, 2.24) is 0 Å². The van der Waals surface area contributed by atoms with Crippen LogP contribution < -0.4 is 9.47 Å². The van der Waals surface area contributed by atoms with E-state index in [4.69, 9.17) is 9.47 Å². The van der Waals surface area contributed by atoms with Crippen LogP contribution in [0, 0.1) is 12.7 Å².